The van der Waals surface area contributed by atoms with E-state index in [0.29, 0.717) is 17.4 Å². The number of quaternary nitrogens is 1. The van der Waals surface area contributed by atoms with Crippen LogP contribution in [-0.4, -0.2) is 70.0 Å². The molecule has 0 bridgehead atoms. The number of carbonyl (C=O) groups is 2. The Kier molecular flexibility index (Phi) is 37.9. The summed E-state index contributed by atoms with van der Waals surface area (Å²) < 4.78 is 33.9. The van der Waals surface area contributed by atoms with Crippen molar-refractivity contribution in [2.24, 2.45) is 0 Å². The summed E-state index contributed by atoms with van der Waals surface area (Å²) in [5.74, 6) is -0.839. The van der Waals surface area contributed by atoms with Crippen molar-refractivity contribution in [2.75, 3.05) is 47.5 Å². The van der Waals surface area contributed by atoms with Crippen molar-refractivity contribution in [2.45, 2.75) is 213 Å². The Balaban J connectivity index is 4.33. The molecule has 0 aliphatic carbocycles. The molecule has 0 heterocycles. The number of hydrogen-bond donors (Lipinski definition) is 0. The van der Waals surface area contributed by atoms with Crippen molar-refractivity contribution in [1.82, 2.24) is 0 Å². The van der Waals surface area contributed by atoms with Crippen LogP contribution in [0.4, 0.5) is 0 Å². The minimum Gasteiger partial charge on any atom is -0.756 e. The largest absolute Gasteiger partial charge is 0.756 e. The quantitative estimate of drug-likeness (QED) is 0.0197. The van der Waals surface area contributed by atoms with Crippen LogP contribution in [-0.2, 0) is 32.7 Å². The van der Waals surface area contributed by atoms with Gasteiger partial charge in [-0.2, -0.15) is 0 Å². The number of rotatable bonds is 42. The number of carbonyl (C=O) groups excluding carboxylic acids is 2. The molecule has 10 heteroatoms. The predicted octanol–water partition coefficient (Wildman–Crippen LogP) is 12.5. The van der Waals surface area contributed by atoms with Crippen molar-refractivity contribution >= 4 is 19.8 Å². The number of likely N-dealkylation sites (N-methyl/N-ethyl adjacent to an activating group) is 1. The molecule has 56 heavy (non-hydrogen) atoms. The summed E-state index contributed by atoms with van der Waals surface area (Å²) in [5, 5.41) is 0. The summed E-state index contributed by atoms with van der Waals surface area (Å²) in [4.78, 5) is 37.6. The fourth-order valence-corrected chi connectivity index (χ4v) is 7.02. The van der Waals surface area contributed by atoms with E-state index in [0.717, 1.165) is 57.8 Å². The van der Waals surface area contributed by atoms with Gasteiger partial charge in [-0.15, -0.1) is 0 Å². The third-order valence-corrected chi connectivity index (χ3v) is 10.9. The molecule has 9 nitrogen and oxygen atoms in total. The first-order valence-corrected chi connectivity index (χ1v) is 24.5. The third-order valence-electron chi connectivity index (χ3n) is 9.94. The predicted molar refractivity (Wildman–Crippen MR) is 231 cm³/mol. The highest BCUT2D eigenvalue weighted by Crippen LogP contribution is 2.38. The lowest BCUT2D eigenvalue weighted by Crippen LogP contribution is -2.37. The van der Waals surface area contributed by atoms with E-state index in [1.807, 2.05) is 21.1 Å². The fourth-order valence-electron chi connectivity index (χ4n) is 6.29. The molecule has 0 radical (unpaired) electrons. The Morgan fingerprint density at radius 3 is 1.34 bits per heavy atom. The van der Waals surface area contributed by atoms with Crippen LogP contribution in [0.1, 0.15) is 206 Å². The highest BCUT2D eigenvalue weighted by Gasteiger charge is 2.21. The van der Waals surface area contributed by atoms with Gasteiger partial charge in [-0.25, -0.2) is 0 Å². The van der Waals surface area contributed by atoms with Crippen molar-refractivity contribution in [3.63, 3.8) is 0 Å². The third kappa shape index (κ3) is 42.1. The zero-order chi connectivity index (χ0) is 41.4. The lowest BCUT2D eigenvalue weighted by molar-refractivity contribution is -0.870. The number of nitrogens with zero attached hydrogens (tertiary/aromatic N) is 1. The average molecular weight is 814 g/mol. The molecule has 0 aliphatic heterocycles. The first-order chi connectivity index (χ1) is 27.0. The second kappa shape index (κ2) is 39.0. The normalized spacial score (nSPS) is 13.8. The van der Waals surface area contributed by atoms with Gasteiger partial charge in [0.1, 0.15) is 19.8 Å². The topological polar surface area (TPSA) is 111 Å². The standard InChI is InChI=1S/C46H88NO8P/c1-6-8-10-12-14-16-18-20-22-23-25-27-29-31-33-35-37-39-46(49)55-44(43-54-56(50,51)53-41-40-47(3,4)5)42-52-45(48)38-36-34-32-30-28-26-24-21-19-17-15-13-11-9-7-2/h17,19-20,22,44H,6-16,18,21,23-43H2,1-5H3/b19-17+,22-20+/t44-/m1/s1. The van der Waals surface area contributed by atoms with Crippen LogP contribution in [0.2, 0.25) is 0 Å². The molecule has 1 unspecified atom stereocenters. The molecule has 0 saturated carbocycles. The highest BCUT2D eigenvalue weighted by molar-refractivity contribution is 7.45. The molecule has 330 valence electrons. The molecule has 0 rings (SSSR count). The first kappa shape index (κ1) is 54.5. The van der Waals surface area contributed by atoms with E-state index in [1.165, 1.54) is 116 Å². The smallest absolute Gasteiger partial charge is 0.306 e. The van der Waals surface area contributed by atoms with E-state index in [9.17, 15) is 19.0 Å². The number of unbranched alkanes of at least 4 members (excludes halogenated alkanes) is 24. The molecule has 0 aromatic heterocycles. The molecule has 0 fully saturated rings. The Hall–Kier alpha value is -1.51. The number of allylic oxidation sites excluding steroid dienone is 4. The number of phosphoric ester groups is 1. The average Bonchev–Trinajstić information content (AvgIpc) is 3.15. The molecule has 0 aromatic rings. The maximum atomic E-state index is 12.7. The summed E-state index contributed by atoms with van der Waals surface area (Å²) >= 11 is 0. The van der Waals surface area contributed by atoms with Gasteiger partial charge in [-0.05, 0) is 64.2 Å². The lowest BCUT2D eigenvalue weighted by atomic mass is 10.1. The number of esters is 2. The first-order valence-electron chi connectivity index (χ1n) is 23.0. The summed E-state index contributed by atoms with van der Waals surface area (Å²) in [6.45, 7) is 4.22. The van der Waals surface area contributed by atoms with E-state index in [-0.39, 0.29) is 32.0 Å². The van der Waals surface area contributed by atoms with Gasteiger partial charge in [-0.1, -0.05) is 154 Å². The zero-order valence-electron chi connectivity index (χ0n) is 37.1. The van der Waals surface area contributed by atoms with E-state index >= 15 is 0 Å². The number of phosphoric acid groups is 1. The van der Waals surface area contributed by atoms with Crippen LogP contribution in [0.5, 0.6) is 0 Å². The van der Waals surface area contributed by atoms with Crippen LogP contribution in [0.15, 0.2) is 24.3 Å². The molecular weight excluding hydrogens is 725 g/mol. The maximum Gasteiger partial charge on any atom is 0.306 e. The molecule has 0 N–H and O–H groups in total. The van der Waals surface area contributed by atoms with Crippen LogP contribution < -0.4 is 4.89 Å². The Morgan fingerprint density at radius 1 is 0.536 bits per heavy atom. The van der Waals surface area contributed by atoms with Gasteiger partial charge in [-0.3, -0.25) is 14.2 Å². The van der Waals surface area contributed by atoms with Gasteiger partial charge in [0.15, 0.2) is 6.10 Å². The number of ether oxygens (including phenoxy) is 2. The van der Waals surface area contributed by atoms with Gasteiger partial charge >= 0.3 is 11.9 Å². The van der Waals surface area contributed by atoms with Gasteiger partial charge in [0.25, 0.3) is 7.82 Å². The second-order valence-electron chi connectivity index (χ2n) is 16.8. The van der Waals surface area contributed by atoms with Crippen LogP contribution in [0, 0.1) is 0 Å². The summed E-state index contributed by atoms with van der Waals surface area (Å²) in [6, 6.07) is 0. The number of hydrogen-bond acceptors (Lipinski definition) is 8. The zero-order valence-corrected chi connectivity index (χ0v) is 38.0. The van der Waals surface area contributed by atoms with Crippen molar-refractivity contribution in [3.8, 4) is 0 Å². The van der Waals surface area contributed by atoms with E-state index in [4.69, 9.17) is 18.5 Å². The van der Waals surface area contributed by atoms with Gasteiger partial charge < -0.3 is 27.9 Å². The second-order valence-corrected chi connectivity index (χ2v) is 18.2. The van der Waals surface area contributed by atoms with Crippen molar-refractivity contribution in [3.05, 3.63) is 24.3 Å². The van der Waals surface area contributed by atoms with Gasteiger partial charge in [0.05, 0.1) is 27.7 Å². The monoisotopic (exact) mass is 814 g/mol. The van der Waals surface area contributed by atoms with Crippen LogP contribution in [0.3, 0.4) is 0 Å². The van der Waals surface area contributed by atoms with Gasteiger partial charge in [0.2, 0.25) is 0 Å². The van der Waals surface area contributed by atoms with Gasteiger partial charge in [0, 0.05) is 12.8 Å². The van der Waals surface area contributed by atoms with E-state index in [2.05, 4.69) is 38.2 Å². The molecule has 0 amide bonds. The highest BCUT2D eigenvalue weighted by atomic mass is 31.2. The molecule has 0 aromatic carbocycles. The minimum absolute atomic E-state index is 0.0311. The summed E-state index contributed by atoms with van der Waals surface area (Å²) in [6.07, 6.45) is 41.9. The summed E-state index contributed by atoms with van der Waals surface area (Å²) in [7, 11) is 1.16. The van der Waals surface area contributed by atoms with E-state index in [1.54, 1.807) is 0 Å². The SMILES string of the molecule is CCCCCC/C=C/CCCCCCCCCC(=O)OC[C@H](COP(=O)([O-])OCC[N+](C)(C)C)OC(=O)CCCCCCCCC/C=C/CCCCCCCC. The Morgan fingerprint density at radius 2 is 0.911 bits per heavy atom. The molecule has 0 saturated heterocycles. The lowest BCUT2D eigenvalue weighted by Gasteiger charge is -2.28. The van der Waals surface area contributed by atoms with Crippen LogP contribution in [0.25, 0.3) is 0 Å². The summed E-state index contributed by atoms with van der Waals surface area (Å²) in [5.41, 5.74) is 0. The Labute approximate surface area is 345 Å². The van der Waals surface area contributed by atoms with Crippen LogP contribution >= 0.6 is 7.82 Å². The van der Waals surface area contributed by atoms with Crippen molar-refractivity contribution in [1.29, 1.82) is 0 Å². The molecular formula is C46H88NO8P. The fraction of sp³-hybridized carbons (Fsp3) is 0.870. The molecule has 2 atom stereocenters. The maximum absolute atomic E-state index is 12.7. The molecule has 0 aliphatic rings. The molecule has 0 spiro atoms. The Bertz CT molecular complexity index is 1010. The van der Waals surface area contributed by atoms with E-state index < -0.39 is 26.5 Å². The van der Waals surface area contributed by atoms with Crippen molar-refractivity contribution < 1.29 is 42.1 Å². The minimum atomic E-state index is -4.62.